The second-order valence-electron chi connectivity index (χ2n) is 2.50. The van der Waals surface area contributed by atoms with Gasteiger partial charge in [0.1, 0.15) is 12.4 Å². The summed E-state index contributed by atoms with van der Waals surface area (Å²) in [6.07, 6.45) is 8.50. The molecule has 1 N–H and O–H groups in total. The zero-order chi connectivity index (χ0) is 10.8. The highest BCUT2D eigenvalue weighted by atomic mass is 31.1. The minimum atomic E-state index is -3.15. The fraction of sp³-hybridized carbons (Fsp3) is 0.571. The molecule has 0 fully saturated rings. The van der Waals surface area contributed by atoms with Crippen LogP contribution in [0.25, 0.3) is 0 Å². The monoisotopic (exact) mass is 222 g/mol. The van der Waals surface area contributed by atoms with Gasteiger partial charge in [0.25, 0.3) is 0 Å². The second kappa shape index (κ2) is 8.77. The lowest BCUT2D eigenvalue weighted by Crippen LogP contribution is -2.29. The Morgan fingerprint density at radius 2 is 2.36 bits per heavy atom. The first-order chi connectivity index (χ1) is 6.70. The van der Waals surface area contributed by atoms with Gasteiger partial charge in [0.05, 0.1) is 6.54 Å². The van der Waals surface area contributed by atoms with Crippen molar-refractivity contribution in [3.05, 3.63) is 18.7 Å². The van der Waals surface area contributed by atoms with Gasteiger partial charge >= 0.3 is 8.25 Å². The average molecular weight is 222 g/mol. The summed E-state index contributed by atoms with van der Waals surface area (Å²) in [6, 6.07) is 0. The first kappa shape index (κ1) is 13.2. The van der Waals surface area contributed by atoms with Gasteiger partial charge in [0, 0.05) is 1.43 Å². The van der Waals surface area contributed by atoms with Crippen molar-refractivity contribution in [1.82, 2.24) is 4.98 Å². The van der Waals surface area contributed by atoms with Crippen molar-refractivity contribution in [2.75, 3.05) is 0 Å². The van der Waals surface area contributed by atoms with Crippen LogP contribution in [0, 0.1) is 0 Å². The second-order valence-corrected chi connectivity index (χ2v) is 3.10. The van der Waals surface area contributed by atoms with Crippen LogP contribution >= 0.6 is 8.25 Å². The van der Waals surface area contributed by atoms with E-state index in [-0.39, 0.29) is 1.43 Å². The summed E-state index contributed by atoms with van der Waals surface area (Å²) < 4.78 is 13.5. The Bertz CT molecular complexity index is 245. The molecule has 0 amide bonds. The lowest BCUT2D eigenvalue weighted by atomic mass is 10.3. The fourth-order valence-corrected chi connectivity index (χ4v) is 0.800. The number of hydrogen-bond donors (Lipinski definition) is 1. The number of aryl methyl sites for hydroxylation is 1. The number of nitrogens with one attached hydrogen (secondary N) is 1. The highest BCUT2D eigenvalue weighted by molar-refractivity contribution is 7.30. The van der Waals surface area contributed by atoms with Crippen molar-refractivity contribution in [2.24, 2.45) is 0 Å². The maximum absolute atomic E-state index is 8.87. The number of aromatic amines is 1. The molecule has 1 unspecified atom stereocenters. The molecule has 0 aliphatic heterocycles. The van der Waals surface area contributed by atoms with Crippen LogP contribution in [-0.2, 0) is 15.8 Å². The lowest BCUT2D eigenvalue weighted by molar-refractivity contribution is -0.696. The third kappa shape index (κ3) is 7.82. The maximum Gasteiger partial charge on any atom is 0.479 e. The molecule has 0 saturated heterocycles. The van der Waals surface area contributed by atoms with Crippen LogP contribution in [-0.4, -0.2) is 4.98 Å². The van der Waals surface area contributed by atoms with E-state index in [1.54, 1.807) is 0 Å². The Morgan fingerprint density at radius 3 is 2.71 bits per heavy atom. The number of rotatable bonds is 4. The van der Waals surface area contributed by atoms with Crippen molar-refractivity contribution in [3.8, 4) is 0 Å². The summed E-state index contributed by atoms with van der Waals surface area (Å²) in [4.78, 5) is 11.9. The van der Waals surface area contributed by atoms with Gasteiger partial charge in [-0.25, -0.2) is 9.24 Å². The molecule has 1 heterocycles. The molecule has 82 valence electrons. The Hall–Kier alpha value is -0.810. The zero-order valence-electron chi connectivity index (χ0n) is 7.88. The van der Waals surface area contributed by atoms with Crippen molar-refractivity contribution >= 4 is 8.25 Å². The van der Waals surface area contributed by atoms with Gasteiger partial charge in [-0.3, -0.25) is 4.98 Å². The summed E-state index contributed by atoms with van der Waals surface area (Å²) in [5.74, 6) is 0. The first-order valence-electron chi connectivity index (χ1n) is 4.16. The molecule has 0 saturated carbocycles. The number of imidazole rings is 1. The number of unbranched alkanes of at least 4 members (excludes halogenated alkanes) is 1. The van der Waals surface area contributed by atoms with Crippen molar-refractivity contribution < 1.29 is 25.4 Å². The number of H-pyrrole nitrogens is 1. The number of hydrogen-bond acceptors (Lipinski definition) is 4. The number of aromatic nitrogens is 2. The highest BCUT2D eigenvalue weighted by Crippen LogP contribution is 1.99. The molecule has 1 aromatic heterocycles. The summed E-state index contributed by atoms with van der Waals surface area (Å²) in [5, 5.41) is 8.53. The van der Waals surface area contributed by atoms with E-state index in [0.717, 1.165) is 6.54 Å². The van der Waals surface area contributed by atoms with Gasteiger partial charge in [-0.15, -0.1) is 0 Å². The number of nitrogens with zero attached hydrogens (tertiary/aromatic N) is 1. The molecule has 1 rings (SSSR count). The van der Waals surface area contributed by atoms with Crippen LogP contribution < -0.4 is 14.7 Å². The standard InChI is InChI=1S/C7H12N2.HO4P.H2/c1-2-3-5-9-6-4-8-7-9;1-4-5(2)3;/h4,6-7H,2-3,5H2,1H3;1H;1H. The molecule has 0 aliphatic carbocycles. The van der Waals surface area contributed by atoms with Crippen molar-refractivity contribution in [3.63, 3.8) is 0 Å². The zero-order valence-corrected chi connectivity index (χ0v) is 8.78. The smallest absolute Gasteiger partial charge is 0.479 e. The molecule has 0 aliphatic rings. The van der Waals surface area contributed by atoms with E-state index in [2.05, 4.69) is 27.3 Å². The van der Waals surface area contributed by atoms with Crippen LogP contribution in [0.3, 0.4) is 0 Å². The molecule has 0 aromatic carbocycles. The fourth-order valence-electron chi connectivity index (χ4n) is 0.800. The summed E-state index contributed by atoms with van der Waals surface area (Å²) in [5.41, 5.74) is 0. The van der Waals surface area contributed by atoms with E-state index in [0.29, 0.717) is 0 Å². The summed E-state index contributed by atoms with van der Waals surface area (Å²) >= 11 is 0. The normalized spacial score (nSPS) is 10.4. The first-order valence-corrected chi connectivity index (χ1v) is 5.26. The van der Waals surface area contributed by atoms with E-state index in [1.807, 2.05) is 12.5 Å². The third-order valence-corrected chi connectivity index (χ3v) is 1.56. The molecule has 0 radical (unpaired) electrons. The highest BCUT2D eigenvalue weighted by Gasteiger charge is 1.92. The molecule has 0 bridgehead atoms. The Kier molecular flexibility index (Phi) is 8.27. The predicted octanol–water partition coefficient (Wildman–Crippen LogP) is -0.356. The molecule has 1 aromatic rings. The third-order valence-electron chi connectivity index (χ3n) is 1.43. The van der Waals surface area contributed by atoms with Crippen LogP contribution in [0.5, 0.6) is 0 Å². The predicted molar refractivity (Wildman–Crippen MR) is 46.7 cm³/mol. The largest absolute Gasteiger partial charge is 0.674 e. The molecule has 1 atom stereocenters. The van der Waals surface area contributed by atoms with Gasteiger partial charge in [-0.1, -0.05) is 13.3 Å². The Labute approximate surface area is 84.5 Å². The van der Waals surface area contributed by atoms with Gasteiger partial charge < -0.3 is 10.2 Å². The average Bonchev–Trinajstić information content (AvgIpc) is 2.68. The minimum Gasteiger partial charge on any atom is -0.674 e. The molecule has 14 heavy (non-hydrogen) atoms. The molecule has 0 spiro atoms. The van der Waals surface area contributed by atoms with E-state index >= 15 is 0 Å². The van der Waals surface area contributed by atoms with E-state index < -0.39 is 8.25 Å². The Morgan fingerprint density at radius 1 is 1.71 bits per heavy atom. The van der Waals surface area contributed by atoms with Crippen LogP contribution in [0.1, 0.15) is 21.2 Å². The molecule has 7 heteroatoms. The topological polar surface area (TPSA) is 92.1 Å². The van der Waals surface area contributed by atoms with Crippen molar-refractivity contribution in [2.45, 2.75) is 26.3 Å². The molecular weight excluding hydrogens is 207 g/mol. The molecular formula is C7H15N2O4P. The Balaban J connectivity index is 0. The SMILES string of the molecule is CCCC[n+]1cc[nH]c1.O=[P+]([O-])O[O-].[HH]. The van der Waals surface area contributed by atoms with Crippen LogP contribution in [0.2, 0.25) is 0 Å². The van der Waals surface area contributed by atoms with E-state index in [9.17, 15) is 0 Å². The van der Waals surface area contributed by atoms with E-state index in [4.69, 9.17) is 14.7 Å². The van der Waals surface area contributed by atoms with Gasteiger partial charge in [0.2, 0.25) is 6.33 Å². The van der Waals surface area contributed by atoms with Crippen LogP contribution in [0.4, 0.5) is 0 Å². The molecule has 6 nitrogen and oxygen atoms in total. The summed E-state index contributed by atoms with van der Waals surface area (Å²) in [7, 11) is -3.15. The lowest BCUT2D eigenvalue weighted by Gasteiger charge is -1.89. The van der Waals surface area contributed by atoms with Gasteiger partial charge in [0.15, 0.2) is 0 Å². The van der Waals surface area contributed by atoms with E-state index in [1.165, 1.54) is 12.8 Å². The minimum absolute atomic E-state index is 0. The quantitative estimate of drug-likeness (QED) is 0.326. The maximum atomic E-state index is 8.87. The van der Waals surface area contributed by atoms with Gasteiger partial charge in [-0.05, 0) is 11.0 Å². The van der Waals surface area contributed by atoms with Crippen molar-refractivity contribution in [1.29, 1.82) is 0 Å². The van der Waals surface area contributed by atoms with Gasteiger partial charge in [-0.2, -0.15) is 0 Å². The summed E-state index contributed by atoms with van der Waals surface area (Å²) in [6.45, 7) is 3.34. The van der Waals surface area contributed by atoms with Crippen LogP contribution in [0.15, 0.2) is 18.7 Å².